The van der Waals surface area contributed by atoms with Crippen molar-refractivity contribution in [2.24, 2.45) is 0 Å². The van der Waals surface area contributed by atoms with Gasteiger partial charge in [0.05, 0.1) is 0 Å². The molecule has 0 aliphatic heterocycles. The first-order valence-electron chi connectivity index (χ1n) is 8.25. The number of halogens is 1. The van der Waals surface area contributed by atoms with E-state index in [1.807, 2.05) is 18.2 Å². The zero-order valence-electron chi connectivity index (χ0n) is 14.1. The number of ether oxygens (including phenoxy) is 1. The van der Waals surface area contributed by atoms with Crippen LogP contribution in [0.4, 0.5) is 4.39 Å². The molecule has 0 saturated carbocycles. The first kappa shape index (κ1) is 16.5. The summed E-state index contributed by atoms with van der Waals surface area (Å²) in [6, 6.07) is 19.2. The van der Waals surface area contributed by atoms with Gasteiger partial charge in [0.1, 0.15) is 18.2 Å². The fraction of sp³-hybridized carbons (Fsp3) is 0.238. The van der Waals surface area contributed by atoms with E-state index >= 15 is 0 Å². The molecule has 3 heteroatoms. The summed E-state index contributed by atoms with van der Waals surface area (Å²) in [4.78, 5) is 0. The predicted octanol–water partition coefficient (Wildman–Crippen LogP) is 5.06. The number of hydrogen-bond acceptors (Lipinski definition) is 2. The van der Waals surface area contributed by atoms with Crippen molar-refractivity contribution in [3.8, 4) is 5.75 Å². The summed E-state index contributed by atoms with van der Waals surface area (Å²) in [5.41, 5.74) is 2.11. The molecule has 0 amide bonds. The largest absolute Gasteiger partial charge is 0.489 e. The SMILES string of the molecule is CC(C)NCc1c(OCc2ccc(F)cc2)ccc2ccccc12. The van der Waals surface area contributed by atoms with Gasteiger partial charge in [-0.25, -0.2) is 4.39 Å². The van der Waals surface area contributed by atoms with Gasteiger partial charge in [-0.1, -0.05) is 56.3 Å². The Morgan fingerprint density at radius 3 is 2.46 bits per heavy atom. The van der Waals surface area contributed by atoms with Gasteiger partial charge in [0.15, 0.2) is 0 Å². The molecule has 1 N–H and O–H groups in total. The first-order valence-corrected chi connectivity index (χ1v) is 8.25. The number of rotatable bonds is 6. The van der Waals surface area contributed by atoms with Gasteiger partial charge in [-0.05, 0) is 34.5 Å². The molecule has 0 atom stereocenters. The van der Waals surface area contributed by atoms with Crippen LogP contribution in [-0.4, -0.2) is 6.04 Å². The van der Waals surface area contributed by atoms with Crippen LogP contribution in [0.2, 0.25) is 0 Å². The predicted molar refractivity (Wildman–Crippen MR) is 96.7 cm³/mol. The highest BCUT2D eigenvalue weighted by molar-refractivity contribution is 5.87. The summed E-state index contributed by atoms with van der Waals surface area (Å²) in [6.07, 6.45) is 0. The maximum atomic E-state index is 13.0. The van der Waals surface area contributed by atoms with E-state index in [1.165, 1.54) is 22.9 Å². The molecule has 0 spiro atoms. The third-order valence-electron chi connectivity index (χ3n) is 3.99. The molecule has 0 radical (unpaired) electrons. The Hall–Kier alpha value is -2.39. The number of nitrogens with one attached hydrogen (secondary N) is 1. The Kier molecular flexibility index (Phi) is 5.11. The second-order valence-electron chi connectivity index (χ2n) is 6.21. The van der Waals surface area contributed by atoms with Crippen LogP contribution in [0.3, 0.4) is 0 Å². The minimum atomic E-state index is -0.230. The van der Waals surface area contributed by atoms with E-state index in [2.05, 4.69) is 37.4 Å². The molecular formula is C21H22FNO. The summed E-state index contributed by atoms with van der Waals surface area (Å²) in [7, 11) is 0. The molecule has 0 aliphatic carbocycles. The van der Waals surface area contributed by atoms with Crippen molar-refractivity contribution < 1.29 is 9.13 Å². The fourth-order valence-electron chi connectivity index (χ4n) is 2.68. The van der Waals surface area contributed by atoms with Crippen LogP contribution in [0.1, 0.15) is 25.0 Å². The van der Waals surface area contributed by atoms with Crippen LogP contribution in [0.25, 0.3) is 10.8 Å². The van der Waals surface area contributed by atoms with Crippen molar-refractivity contribution in [3.63, 3.8) is 0 Å². The summed E-state index contributed by atoms with van der Waals surface area (Å²) in [5.74, 6) is 0.637. The normalized spacial score (nSPS) is 11.2. The monoisotopic (exact) mass is 323 g/mol. The maximum Gasteiger partial charge on any atom is 0.124 e. The van der Waals surface area contributed by atoms with E-state index in [-0.39, 0.29) is 5.82 Å². The molecule has 3 rings (SSSR count). The lowest BCUT2D eigenvalue weighted by Gasteiger charge is -2.16. The van der Waals surface area contributed by atoms with Gasteiger partial charge in [-0.2, -0.15) is 0 Å². The molecule has 0 saturated heterocycles. The summed E-state index contributed by atoms with van der Waals surface area (Å²) in [6.45, 7) is 5.43. The Labute approximate surface area is 142 Å². The fourth-order valence-corrected chi connectivity index (χ4v) is 2.68. The molecule has 24 heavy (non-hydrogen) atoms. The maximum absolute atomic E-state index is 13.0. The van der Waals surface area contributed by atoms with Crippen LogP contribution < -0.4 is 10.1 Å². The molecule has 0 aromatic heterocycles. The Morgan fingerprint density at radius 1 is 0.958 bits per heavy atom. The standard InChI is InChI=1S/C21H22FNO/c1-15(2)23-13-20-19-6-4-3-5-17(19)9-12-21(20)24-14-16-7-10-18(22)11-8-16/h3-12,15,23H,13-14H2,1-2H3. The van der Waals surface area contributed by atoms with E-state index in [0.29, 0.717) is 12.6 Å². The minimum absolute atomic E-state index is 0.230. The van der Waals surface area contributed by atoms with E-state index in [4.69, 9.17) is 4.74 Å². The topological polar surface area (TPSA) is 21.3 Å². The average molecular weight is 323 g/mol. The van der Waals surface area contributed by atoms with Crippen molar-refractivity contribution >= 4 is 10.8 Å². The zero-order chi connectivity index (χ0) is 16.9. The van der Waals surface area contributed by atoms with E-state index in [9.17, 15) is 4.39 Å². The Morgan fingerprint density at radius 2 is 1.71 bits per heavy atom. The van der Waals surface area contributed by atoms with Crippen LogP contribution in [-0.2, 0) is 13.2 Å². The highest BCUT2D eigenvalue weighted by Gasteiger charge is 2.10. The van der Waals surface area contributed by atoms with Gasteiger partial charge in [0.2, 0.25) is 0 Å². The number of hydrogen-bond donors (Lipinski definition) is 1. The average Bonchev–Trinajstić information content (AvgIpc) is 2.59. The number of fused-ring (bicyclic) bond motifs is 1. The van der Waals surface area contributed by atoms with E-state index in [1.54, 1.807) is 12.1 Å². The summed E-state index contributed by atoms with van der Waals surface area (Å²) >= 11 is 0. The lowest BCUT2D eigenvalue weighted by molar-refractivity contribution is 0.302. The van der Waals surface area contributed by atoms with Crippen molar-refractivity contribution in [1.82, 2.24) is 5.32 Å². The molecule has 124 valence electrons. The lowest BCUT2D eigenvalue weighted by Crippen LogP contribution is -2.22. The van der Waals surface area contributed by atoms with E-state index in [0.717, 1.165) is 23.4 Å². The molecule has 0 fully saturated rings. The van der Waals surface area contributed by atoms with Crippen molar-refractivity contribution in [2.45, 2.75) is 33.0 Å². The van der Waals surface area contributed by atoms with Gasteiger partial charge >= 0.3 is 0 Å². The van der Waals surface area contributed by atoms with E-state index < -0.39 is 0 Å². The van der Waals surface area contributed by atoms with Crippen LogP contribution in [0.15, 0.2) is 60.7 Å². The third-order valence-corrected chi connectivity index (χ3v) is 3.99. The zero-order valence-corrected chi connectivity index (χ0v) is 14.1. The lowest BCUT2D eigenvalue weighted by atomic mass is 10.0. The second-order valence-corrected chi connectivity index (χ2v) is 6.21. The summed E-state index contributed by atoms with van der Waals surface area (Å²) in [5, 5.41) is 5.87. The molecule has 0 unspecified atom stereocenters. The Bertz CT molecular complexity index is 812. The third kappa shape index (κ3) is 3.92. The molecule has 3 aromatic rings. The molecule has 0 bridgehead atoms. The molecule has 2 nitrogen and oxygen atoms in total. The quantitative estimate of drug-likeness (QED) is 0.685. The highest BCUT2D eigenvalue weighted by Crippen LogP contribution is 2.29. The van der Waals surface area contributed by atoms with Gasteiger partial charge in [0.25, 0.3) is 0 Å². The van der Waals surface area contributed by atoms with Crippen LogP contribution in [0.5, 0.6) is 5.75 Å². The highest BCUT2D eigenvalue weighted by atomic mass is 19.1. The second kappa shape index (κ2) is 7.45. The Balaban J connectivity index is 1.87. The van der Waals surface area contributed by atoms with Gasteiger partial charge in [0, 0.05) is 18.2 Å². The molecule has 0 aliphatic rings. The van der Waals surface area contributed by atoms with Crippen LogP contribution >= 0.6 is 0 Å². The summed E-state index contributed by atoms with van der Waals surface area (Å²) < 4.78 is 19.1. The van der Waals surface area contributed by atoms with Gasteiger partial charge in [-0.3, -0.25) is 0 Å². The first-order chi connectivity index (χ1) is 11.6. The van der Waals surface area contributed by atoms with Crippen molar-refractivity contribution in [1.29, 1.82) is 0 Å². The molecule has 0 heterocycles. The molecule has 3 aromatic carbocycles. The van der Waals surface area contributed by atoms with Crippen LogP contribution in [0, 0.1) is 5.82 Å². The molecular weight excluding hydrogens is 301 g/mol. The minimum Gasteiger partial charge on any atom is -0.489 e. The smallest absolute Gasteiger partial charge is 0.124 e. The number of benzene rings is 3. The van der Waals surface area contributed by atoms with Crippen molar-refractivity contribution in [3.05, 3.63) is 77.6 Å². The van der Waals surface area contributed by atoms with Crippen molar-refractivity contribution in [2.75, 3.05) is 0 Å². The van der Waals surface area contributed by atoms with Gasteiger partial charge < -0.3 is 10.1 Å². The van der Waals surface area contributed by atoms with Gasteiger partial charge in [-0.15, -0.1) is 0 Å².